The van der Waals surface area contributed by atoms with Crippen LogP contribution in [0.1, 0.15) is 32.6 Å². The second-order valence-corrected chi connectivity index (χ2v) is 10.2. The number of Topliss-reactive ketones (excluding diaryl/α,β-unsaturated/α-hetero) is 1. The van der Waals surface area contributed by atoms with Crippen molar-refractivity contribution in [2.45, 2.75) is 31.3 Å². The topological polar surface area (TPSA) is 65.4 Å². The molecule has 0 bridgehead atoms. The van der Waals surface area contributed by atoms with E-state index in [1.165, 1.54) is 32.2 Å². The van der Waals surface area contributed by atoms with Gasteiger partial charge in [-0.1, -0.05) is 23.8 Å². The van der Waals surface area contributed by atoms with E-state index in [4.69, 9.17) is 4.74 Å². The van der Waals surface area contributed by atoms with Gasteiger partial charge in [-0.3, -0.25) is 4.79 Å². The van der Waals surface area contributed by atoms with Crippen LogP contribution in [0.3, 0.4) is 0 Å². The number of carbonyl (C=O) groups excluding carboxylic acids is 1. The lowest BCUT2D eigenvalue weighted by atomic mass is 9.99. The lowest BCUT2D eigenvalue weighted by molar-refractivity contribution is -0.137. The van der Waals surface area contributed by atoms with Gasteiger partial charge in [0.25, 0.3) is 10.0 Å². The summed E-state index contributed by atoms with van der Waals surface area (Å²) >= 11 is 0. The SMILES string of the molecule is COc1cc(F)ccc1CC(=O)c1cn(S(=O)(=O)c2ccc(C)cc2)c2c(C)cc(C(F)(F)F)cc12. The number of hydrogen-bond acceptors (Lipinski definition) is 4. The third kappa shape index (κ3) is 4.60. The minimum atomic E-state index is -4.71. The molecular formula is C26H21F4NO4S. The highest BCUT2D eigenvalue weighted by atomic mass is 32.2. The predicted octanol–water partition coefficient (Wildman–Crippen LogP) is 6.09. The summed E-state index contributed by atoms with van der Waals surface area (Å²) in [5.74, 6) is -1.15. The predicted molar refractivity (Wildman–Crippen MR) is 126 cm³/mol. The van der Waals surface area contributed by atoms with Crippen LogP contribution in [0, 0.1) is 19.7 Å². The number of hydrogen-bond donors (Lipinski definition) is 0. The van der Waals surface area contributed by atoms with E-state index >= 15 is 0 Å². The Bertz CT molecular complexity index is 1590. The van der Waals surface area contributed by atoms with Gasteiger partial charge in [0.2, 0.25) is 0 Å². The molecule has 4 aromatic rings. The van der Waals surface area contributed by atoms with Crippen LogP contribution in [0.2, 0.25) is 0 Å². The molecule has 0 aliphatic carbocycles. The van der Waals surface area contributed by atoms with Gasteiger partial charge in [-0.15, -0.1) is 0 Å². The van der Waals surface area contributed by atoms with Crippen LogP contribution < -0.4 is 4.74 Å². The number of nitrogens with zero attached hydrogens (tertiary/aromatic N) is 1. The van der Waals surface area contributed by atoms with E-state index < -0.39 is 33.4 Å². The number of benzene rings is 3. The Balaban J connectivity index is 1.94. The summed E-state index contributed by atoms with van der Waals surface area (Å²) in [6.45, 7) is 3.14. The Morgan fingerprint density at radius 1 is 1.00 bits per heavy atom. The molecule has 3 aromatic carbocycles. The first-order valence-electron chi connectivity index (χ1n) is 10.7. The molecule has 188 valence electrons. The van der Waals surface area contributed by atoms with Crippen molar-refractivity contribution in [3.05, 3.63) is 94.4 Å². The zero-order valence-electron chi connectivity index (χ0n) is 19.5. The first-order valence-corrected chi connectivity index (χ1v) is 12.2. The van der Waals surface area contributed by atoms with Crippen LogP contribution in [0.5, 0.6) is 5.75 Å². The van der Waals surface area contributed by atoms with Crippen LogP contribution in [0.4, 0.5) is 17.6 Å². The number of rotatable bonds is 6. The molecule has 1 aromatic heterocycles. The second kappa shape index (κ2) is 9.09. The van der Waals surface area contributed by atoms with Gasteiger partial charge >= 0.3 is 6.18 Å². The molecule has 0 spiro atoms. The van der Waals surface area contributed by atoms with E-state index in [1.807, 2.05) is 0 Å². The van der Waals surface area contributed by atoms with Gasteiger partial charge in [-0.25, -0.2) is 16.8 Å². The van der Waals surface area contributed by atoms with Crippen molar-refractivity contribution in [1.29, 1.82) is 0 Å². The zero-order chi connectivity index (χ0) is 26.4. The third-order valence-electron chi connectivity index (χ3n) is 5.86. The number of ketones is 1. The highest BCUT2D eigenvalue weighted by Crippen LogP contribution is 2.37. The summed E-state index contributed by atoms with van der Waals surface area (Å²) in [6.07, 6.45) is -4.01. The fourth-order valence-electron chi connectivity index (χ4n) is 4.06. The van der Waals surface area contributed by atoms with Crippen molar-refractivity contribution >= 4 is 26.7 Å². The van der Waals surface area contributed by atoms with Gasteiger partial charge in [0, 0.05) is 35.2 Å². The fourth-order valence-corrected chi connectivity index (χ4v) is 5.49. The molecule has 0 radical (unpaired) electrons. The molecule has 0 aliphatic heterocycles. The fraction of sp³-hybridized carbons (Fsp3) is 0.192. The normalized spacial score (nSPS) is 12.2. The number of halogens is 4. The first-order chi connectivity index (χ1) is 16.8. The Morgan fingerprint density at radius 3 is 2.28 bits per heavy atom. The van der Waals surface area contributed by atoms with Crippen molar-refractivity contribution in [2.75, 3.05) is 7.11 Å². The molecule has 0 aliphatic rings. The van der Waals surface area contributed by atoms with Gasteiger partial charge in [0.05, 0.1) is 23.1 Å². The monoisotopic (exact) mass is 519 g/mol. The quantitative estimate of drug-likeness (QED) is 0.229. The zero-order valence-corrected chi connectivity index (χ0v) is 20.3. The van der Waals surface area contributed by atoms with Gasteiger partial charge in [0.15, 0.2) is 5.78 Å². The van der Waals surface area contributed by atoms with Crippen molar-refractivity contribution in [1.82, 2.24) is 3.97 Å². The van der Waals surface area contributed by atoms with E-state index in [1.54, 1.807) is 19.1 Å². The number of ether oxygens (including phenoxy) is 1. The van der Waals surface area contributed by atoms with Gasteiger partial charge in [-0.2, -0.15) is 13.2 Å². The molecule has 0 unspecified atom stereocenters. The highest BCUT2D eigenvalue weighted by molar-refractivity contribution is 7.90. The minimum Gasteiger partial charge on any atom is -0.496 e. The number of aromatic nitrogens is 1. The van der Waals surface area contributed by atoms with Crippen LogP contribution in [-0.2, 0) is 22.6 Å². The maximum atomic E-state index is 13.6. The third-order valence-corrected chi connectivity index (χ3v) is 7.54. The van der Waals surface area contributed by atoms with Crippen molar-refractivity contribution in [2.24, 2.45) is 0 Å². The van der Waals surface area contributed by atoms with E-state index in [9.17, 15) is 30.8 Å². The van der Waals surface area contributed by atoms with Gasteiger partial charge < -0.3 is 4.74 Å². The molecule has 0 N–H and O–H groups in total. The van der Waals surface area contributed by atoms with E-state index in [2.05, 4.69) is 0 Å². The standard InChI is InChI=1S/C26H21F4NO4S/c1-15-4-8-20(9-5-15)36(33,34)31-14-22(21-12-18(26(28,29)30)10-16(2)25(21)31)23(32)11-17-6-7-19(27)13-24(17)35-3/h4-10,12-14H,11H2,1-3H3. The number of carbonyl (C=O) groups is 1. The molecule has 0 saturated carbocycles. The summed E-state index contributed by atoms with van der Waals surface area (Å²) < 4.78 is 87.3. The smallest absolute Gasteiger partial charge is 0.416 e. The number of aryl methyl sites for hydroxylation is 2. The highest BCUT2D eigenvalue weighted by Gasteiger charge is 2.33. The van der Waals surface area contributed by atoms with Crippen molar-refractivity contribution in [3.63, 3.8) is 0 Å². The van der Waals surface area contributed by atoms with Crippen molar-refractivity contribution < 1.29 is 35.5 Å². The van der Waals surface area contributed by atoms with Gasteiger partial charge in [-0.05, 0) is 49.7 Å². The van der Waals surface area contributed by atoms with Crippen molar-refractivity contribution in [3.8, 4) is 5.75 Å². The largest absolute Gasteiger partial charge is 0.496 e. The molecule has 36 heavy (non-hydrogen) atoms. The molecule has 4 rings (SSSR count). The summed E-state index contributed by atoms with van der Waals surface area (Å²) in [6, 6.07) is 11.1. The molecule has 0 atom stereocenters. The van der Waals surface area contributed by atoms with E-state index in [-0.39, 0.29) is 39.1 Å². The van der Waals surface area contributed by atoms with Crippen LogP contribution in [0.15, 0.2) is 65.7 Å². The second-order valence-electron chi connectivity index (χ2n) is 8.40. The first kappa shape index (κ1) is 25.4. The minimum absolute atomic E-state index is 0.0296. The summed E-state index contributed by atoms with van der Waals surface area (Å²) in [5, 5.41) is -0.149. The van der Waals surface area contributed by atoms with Crippen LogP contribution in [0.25, 0.3) is 10.9 Å². The summed E-state index contributed by atoms with van der Waals surface area (Å²) in [7, 11) is -2.95. The maximum absolute atomic E-state index is 13.6. The summed E-state index contributed by atoms with van der Waals surface area (Å²) in [5.41, 5.74) is -0.0871. The molecule has 0 amide bonds. The maximum Gasteiger partial charge on any atom is 0.416 e. The Hall–Kier alpha value is -3.66. The van der Waals surface area contributed by atoms with E-state index in [0.717, 1.165) is 40.0 Å². The van der Waals surface area contributed by atoms with E-state index in [0.29, 0.717) is 5.56 Å². The molecule has 5 nitrogen and oxygen atoms in total. The lowest BCUT2D eigenvalue weighted by Gasteiger charge is -2.12. The number of methoxy groups -OCH3 is 1. The Kier molecular flexibility index (Phi) is 6.42. The summed E-state index contributed by atoms with van der Waals surface area (Å²) in [4.78, 5) is 13.3. The Labute approximate surface area is 205 Å². The van der Waals surface area contributed by atoms with Crippen LogP contribution in [-0.4, -0.2) is 25.3 Å². The average molecular weight is 520 g/mol. The number of alkyl halides is 3. The average Bonchev–Trinajstić information content (AvgIpc) is 3.21. The molecule has 1 heterocycles. The molecule has 10 heteroatoms. The lowest BCUT2D eigenvalue weighted by Crippen LogP contribution is -2.13. The Morgan fingerprint density at radius 2 is 1.67 bits per heavy atom. The van der Waals surface area contributed by atoms with Crippen LogP contribution >= 0.6 is 0 Å². The molecule has 0 fully saturated rings. The number of fused-ring (bicyclic) bond motifs is 1. The van der Waals surface area contributed by atoms with Gasteiger partial charge in [0.1, 0.15) is 11.6 Å². The molecular weight excluding hydrogens is 498 g/mol. The molecule has 0 saturated heterocycles.